The Morgan fingerprint density at radius 2 is 1.67 bits per heavy atom. The van der Waals surface area contributed by atoms with E-state index in [4.69, 9.17) is 14.5 Å². The second kappa shape index (κ2) is 21.7. The summed E-state index contributed by atoms with van der Waals surface area (Å²) >= 11 is 1.38. The van der Waals surface area contributed by atoms with Crippen molar-refractivity contribution < 1.29 is 28.7 Å². The third-order valence-corrected chi connectivity index (χ3v) is 11.9. The molecule has 3 rings (SSSR count). The van der Waals surface area contributed by atoms with Crippen LogP contribution in [-0.2, 0) is 30.3 Å². The molecule has 0 spiro atoms. The molecular formula is C42H67N5O6S. The lowest BCUT2D eigenvalue weighted by molar-refractivity contribution is -0.143. The highest BCUT2D eigenvalue weighted by Gasteiger charge is 2.39. The molecule has 0 bridgehead atoms. The predicted octanol–water partition coefficient (Wildman–Crippen LogP) is 6.77. The zero-order valence-corrected chi connectivity index (χ0v) is 35.5. The molecule has 2 aromatic rings. The Kier molecular flexibility index (Phi) is 18.1. The topological polar surface area (TPSA) is 130 Å². The molecule has 1 aliphatic carbocycles. The van der Waals surface area contributed by atoms with E-state index in [1.165, 1.54) is 18.4 Å². The zero-order chi connectivity index (χ0) is 40.1. The minimum Gasteiger partial charge on any atom is -0.469 e. The highest BCUT2D eigenvalue weighted by atomic mass is 32.1. The van der Waals surface area contributed by atoms with Crippen LogP contribution in [-0.4, -0.2) is 97.0 Å². The number of hydrogen-bond donors (Lipinski definition) is 2. The number of likely N-dealkylation sites (N-methyl/N-ethyl adjacent to an activating group) is 1. The number of fused-ring (bicyclic) bond motifs is 1. The van der Waals surface area contributed by atoms with Gasteiger partial charge >= 0.3 is 5.97 Å². The number of benzene rings is 1. The maximum atomic E-state index is 14.7. The van der Waals surface area contributed by atoms with Crippen molar-refractivity contribution in [3.63, 3.8) is 0 Å². The lowest BCUT2D eigenvalue weighted by Crippen LogP contribution is -2.59. The number of methoxy groups -OCH3 is 1. The molecule has 2 N–H and O–H groups in total. The van der Waals surface area contributed by atoms with Crippen molar-refractivity contribution in [2.24, 2.45) is 17.8 Å². The van der Waals surface area contributed by atoms with Crippen LogP contribution in [0.5, 0.6) is 0 Å². The lowest BCUT2D eigenvalue weighted by Gasteiger charge is -2.40. The summed E-state index contributed by atoms with van der Waals surface area (Å²) in [5.74, 6) is -1.13. The van der Waals surface area contributed by atoms with E-state index in [1.54, 1.807) is 5.38 Å². The molecular weight excluding hydrogens is 703 g/mol. The van der Waals surface area contributed by atoms with Gasteiger partial charge in [0.25, 0.3) is 5.91 Å². The van der Waals surface area contributed by atoms with Crippen LogP contribution < -0.4 is 10.6 Å². The first-order valence-electron chi connectivity index (χ1n) is 20.0. The third kappa shape index (κ3) is 11.6. The zero-order valence-electron chi connectivity index (χ0n) is 34.6. The van der Waals surface area contributed by atoms with Crippen LogP contribution in [0.1, 0.15) is 133 Å². The maximum absolute atomic E-state index is 14.7. The number of aromatic nitrogens is 1. The quantitative estimate of drug-likeness (QED) is 0.133. The van der Waals surface area contributed by atoms with E-state index in [0.29, 0.717) is 43.1 Å². The number of nitrogens with one attached hydrogen (secondary N) is 2. The van der Waals surface area contributed by atoms with Gasteiger partial charge in [-0.15, -0.1) is 11.3 Å². The van der Waals surface area contributed by atoms with Crippen molar-refractivity contribution in [1.82, 2.24) is 25.4 Å². The Balaban J connectivity index is 1.87. The van der Waals surface area contributed by atoms with Crippen LogP contribution in [0.2, 0.25) is 0 Å². The number of hydrogen-bond acceptors (Lipinski definition) is 9. The maximum Gasteiger partial charge on any atom is 0.313 e. The first-order chi connectivity index (χ1) is 25.7. The molecule has 0 saturated carbocycles. The van der Waals surface area contributed by atoms with Gasteiger partial charge in [0.15, 0.2) is 0 Å². The Morgan fingerprint density at radius 1 is 0.981 bits per heavy atom. The summed E-state index contributed by atoms with van der Waals surface area (Å²) in [4.78, 5) is 63.5. The fourth-order valence-corrected chi connectivity index (χ4v) is 8.44. The number of ether oxygens (including phenoxy) is 2. The van der Waals surface area contributed by atoms with Gasteiger partial charge in [0.05, 0.1) is 19.1 Å². The Hall–Kier alpha value is -3.35. The highest BCUT2D eigenvalue weighted by molar-refractivity contribution is 7.09. The van der Waals surface area contributed by atoms with Crippen LogP contribution in [0.15, 0.2) is 29.6 Å². The van der Waals surface area contributed by atoms with Crippen molar-refractivity contribution in [3.05, 3.63) is 51.5 Å². The number of amides is 3. The molecule has 11 nitrogen and oxygen atoms in total. The van der Waals surface area contributed by atoms with Gasteiger partial charge in [-0.3, -0.25) is 24.1 Å². The molecule has 12 heteroatoms. The molecule has 0 fully saturated rings. The summed E-state index contributed by atoms with van der Waals surface area (Å²) in [6.45, 7) is 17.6. The Labute approximate surface area is 328 Å². The van der Waals surface area contributed by atoms with Crippen LogP contribution in [0.4, 0.5) is 0 Å². The molecule has 1 heterocycles. The third-order valence-electron chi connectivity index (χ3n) is 10.9. The van der Waals surface area contributed by atoms with E-state index >= 15 is 0 Å². The highest BCUT2D eigenvalue weighted by Crippen LogP contribution is 2.34. The van der Waals surface area contributed by atoms with E-state index in [0.717, 1.165) is 36.8 Å². The van der Waals surface area contributed by atoms with Crippen LogP contribution in [0.25, 0.3) is 0 Å². The molecule has 0 radical (unpaired) electrons. The summed E-state index contributed by atoms with van der Waals surface area (Å²) in [6, 6.07) is 6.32. The van der Waals surface area contributed by atoms with Gasteiger partial charge in [-0.2, -0.15) is 0 Å². The van der Waals surface area contributed by atoms with Gasteiger partial charge in [0.2, 0.25) is 11.8 Å². The van der Waals surface area contributed by atoms with Crippen molar-refractivity contribution in [1.29, 1.82) is 0 Å². The molecule has 1 unspecified atom stereocenters. The first-order valence-corrected chi connectivity index (χ1v) is 20.9. The van der Waals surface area contributed by atoms with Gasteiger partial charge in [-0.25, -0.2) is 4.98 Å². The van der Waals surface area contributed by atoms with E-state index in [-0.39, 0.29) is 59.6 Å². The van der Waals surface area contributed by atoms with Crippen molar-refractivity contribution in [3.8, 4) is 0 Å². The van der Waals surface area contributed by atoms with Crippen LogP contribution >= 0.6 is 11.3 Å². The predicted molar refractivity (Wildman–Crippen MR) is 215 cm³/mol. The summed E-state index contributed by atoms with van der Waals surface area (Å²) in [5.41, 5.74) is 2.26. The van der Waals surface area contributed by atoms with E-state index < -0.39 is 18.1 Å². The van der Waals surface area contributed by atoms with Gasteiger partial charge in [-0.1, -0.05) is 92.5 Å². The van der Waals surface area contributed by atoms with Gasteiger partial charge in [0, 0.05) is 37.0 Å². The summed E-state index contributed by atoms with van der Waals surface area (Å²) < 4.78 is 11.5. The number of carbonyl (C=O) groups excluding carboxylic acids is 4. The Morgan fingerprint density at radius 3 is 2.26 bits per heavy atom. The number of nitrogens with zero attached hydrogens (tertiary/aromatic N) is 3. The SMILES string of the molecule is CCCO[C@H](CC(C(C)C)N(CCC)C(=O)[C@@H](NC(=O)[C@H]([C@@H](C)CC)N(C)C)[C@@H](C)CC)c1nc(C(=O)N[C@H]2Cc3ccccc3[C@H](C(=O)OC)C2)cs1. The van der Waals surface area contributed by atoms with Crippen molar-refractivity contribution >= 4 is 35.0 Å². The van der Waals surface area contributed by atoms with Crippen molar-refractivity contribution in [2.45, 2.75) is 137 Å². The average Bonchev–Trinajstić information content (AvgIpc) is 3.65. The second-order valence-corrected chi connectivity index (χ2v) is 16.4. The molecule has 54 heavy (non-hydrogen) atoms. The molecule has 1 aromatic carbocycles. The monoisotopic (exact) mass is 769 g/mol. The normalized spacial score (nSPS) is 18.9. The number of thiazole rings is 1. The summed E-state index contributed by atoms with van der Waals surface area (Å²) in [6.07, 6.45) is 4.24. The fraction of sp³-hybridized carbons (Fsp3) is 0.690. The average molecular weight is 770 g/mol. The number of rotatable bonds is 21. The molecule has 1 aliphatic rings. The van der Waals surface area contributed by atoms with Gasteiger partial charge < -0.3 is 25.0 Å². The molecule has 3 amide bonds. The van der Waals surface area contributed by atoms with E-state index in [1.807, 2.05) is 62.0 Å². The van der Waals surface area contributed by atoms with E-state index in [2.05, 4.69) is 52.2 Å². The van der Waals surface area contributed by atoms with E-state index in [9.17, 15) is 19.2 Å². The van der Waals surface area contributed by atoms with Gasteiger partial charge in [0.1, 0.15) is 22.8 Å². The van der Waals surface area contributed by atoms with Crippen LogP contribution in [0.3, 0.4) is 0 Å². The van der Waals surface area contributed by atoms with Crippen molar-refractivity contribution in [2.75, 3.05) is 34.4 Å². The summed E-state index contributed by atoms with van der Waals surface area (Å²) in [5, 5.41) is 8.76. The molecule has 302 valence electrons. The van der Waals surface area contributed by atoms with Gasteiger partial charge in [-0.05, 0) is 68.7 Å². The second-order valence-electron chi connectivity index (χ2n) is 15.6. The standard InChI is InChI=1S/C42H67N5O6S/c1-12-20-47(41(50)36(27(7)14-3)45-39(49)37(46(9)10)28(8)15-4)34(26(5)6)24-35(53-21-13-2)40-44-33(25-54-40)38(48)43-30-22-29-18-16-17-19-31(29)32(23-30)42(51)52-11/h16-19,25-28,30,32,34-37H,12-15,20-24H2,1-11H3,(H,43,48)(H,45,49)/t27-,28-,30-,32+,34?,35+,36-,37-/m0/s1. The molecule has 0 saturated heterocycles. The fourth-order valence-electron chi connectivity index (χ4n) is 7.58. The smallest absolute Gasteiger partial charge is 0.313 e. The minimum atomic E-state index is -0.669. The molecule has 1 aromatic heterocycles. The summed E-state index contributed by atoms with van der Waals surface area (Å²) in [7, 11) is 5.21. The Bertz CT molecular complexity index is 1510. The lowest BCUT2D eigenvalue weighted by atomic mass is 9.80. The van der Waals surface area contributed by atoms with Crippen LogP contribution in [0, 0.1) is 17.8 Å². The molecule has 8 atom stereocenters. The first kappa shape index (κ1) is 45.0. The minimum absolute atomic E-state index is 0.0684. The number of esters is 1. The number of carbonyl (C=O) groups is 4. The largest absolute Gasteiger partial charge is 0.469 e. The molecule has 0 aliphatic heterocycles.